The van der Waals surface area contributed by atoms with Gasteiger partial charge in [-0.25, -0.2) is 23.5 Å². The molecule has 0 spiro atoms. The molecule has 0 unspecified atom stereocenters. The molecule has 2 aromatic carbocycles. The number of aromatic nitrogens is 6. The normalized spacial score (nSPS) is 13.5. The van der Waals surface area contributed by atoms with E-state index in [0.29, 0.717) is 22.3 Å². The van der Waals surface area contributed by atoms with Crippen LogP contribution in [0.2, 0.25) is 5.02 Å². The fourth-order valence-corrected chi connectivity index (χ4v) is 3.72. The van der Waals surface area contributed by atoms with Crippen LogP contribution in [0.1, 0.15) is 24.7 Å². The van der Waals surface area contributed by atoms with Gasteiger partial charge in [-0.05, 0) is 55.5 Å². The van der Waals surface area contributed by atoms with Crippen molar-refractivity contribution in [3.63, 3.8) is 0 Å². The first-order valence-corrected chi connectivity index (χ1v) is 11.4. The van der Waals surface area contributed by atoms with E-state index in [-0.39, 0.29) is 24.0 Å². The summed E-state index contributed by atoms with van der Waals surface area (Å²) in [6.07, 6.45) is -3.03. The second-order valence-corrected chi connectivity index (χ2v) is 8.67. The van der Waals surface area contributed by atoms with E-state index in [0.717, 1.165) is 9.25 Å². The number of aliphatic hydroxyl groups excluding tert-OH is 2. The average Bonchev–Trinajstić information content (AvgIpc) is 3.42. The van der Waals surface area contributed by atoms with Gasteiger partial charge in [-0.15, -0.1) is 10.2 Å². The van der Waals surface area contributed by atoms with Crippen molar-refractivity contribution in [1.82, 2.24) is 29.1 Å². The number of aliphatic hydroxyl groups is 2. The third-order valence-corrected chi connectivity index (χ3v) is 5.74. The zero-order valence-electron chi connectivity index (χ0n) is 19.5. The van der Waals surface area contributed by atoms with Crippen molar-refractivity contribution < 1.29 is 23.4 Å². The van der Waals surface area contributed by atoms with Crippen molar-refractivity contribution in [2.45, 2.75) is 38.1 Å². The summed E-state index contributed by atoms with van der Waals surface area (Å²) in [5, 5.41) is 29.2. The Labute approximate surface area is 213 Å². The number of hydrogen-bond donors (Lipinski definition) is 2. The Morgan fingerprint density at radius 2 is 1.86 bits per heavy atom. The Kier molecular flexibility index (Phi) is 7.35. The molecule has 2 atom stereocenters. The summed E-state index contributed by atoms with van der Waals surface area (Å²) >= 11 is 5.94. The Morgan fingerprint density at radius 3 is 2.49 bits per heavy atom. The van der Waals surface area contributed by atoms with Crippen LogP contribution in [0.5, 0.6) is 0 Å². The highest BCUT2D eigenvalue weighted by atomic mass is 35.5. The van der Waals surface area contributed by atoms with Gasteiger partial charge in [0.15, 0.2) is 17.5 Å². The maximum absolute atomic E-state index is 14.0. The molecule has 0 radical (unpaired) electrons. The zero-order chi connectivity index (χ0) is 26.9. The van der Waals surface area contributed by atoms with E-state index in [1.807, 2.05) is 0 Å². The first-order chi connectivity index (χ1) is 17.5. The molecule has 0 saturated carbocycles. The van der Waals surface area contributed by atoms with Crippen LogP contribution in [0.3, 0.4) is 0 Å². The van der Waals surface area contributed by atoms with Gasteiger partial charge in [-0.2, -0.15) is 8.78 Å². The fraction of sp³-hybridized carbons (Fsp3) is 0.250. The molecule has 4 aromatic rings. The highest BCUT2D eigenvalue weighted by Crippen LogP contribution is 2.24. The van der Waals surface area contributed by atoms with Gasteiger partial charge in [0.05, 0.1) is 12.2 Å². The van der Waals surface area contributed by atoms with Gasteiger partial charge in [-0.1, -0.05) is 24.2 Å². The maximum Gasteiger partial charge on any atom is 0.346 e. The molecular weight excluding hydrogens is 513 g/mol. The molecule has 0 fully saturated rings. The lowest BCUT2D eigenvalue weighted by molar-refractivity contribution is -0.0761. The number of benzene rings is 2. The summed E-state index contributed by atoms with van der Waals surface area (Å²) < 4.78 is 44.9. The molecule has 13 heteroatoms. The molecule has 37 heavy (non-hydrogen) atoms. The first-order valence-electron chi connectivity index (χ1n) is 11.0. The van der Waals surface area contributed by atoms with E-state index in [1.165, 1.54) is 41.9 Å². The molecule has 0 aliphatic heterocycles. The van der Waals surface area contributed by atoms with Gasteiger partial charge in [-0.3, -0.25) is 4.57 Å². The summed E-state index contributed by atoms with van der Waals surface area (Å²) in [6.45, 7) is 3.40. The summed E-state index contributed by atoms with van der Waals surface area (Å²) in [4.78, 5) is 17.5. The topological polar surface area (TPSA) is 111 Å². The largest absolute Gasteiger partial charge is 0.385 e. The minimum atomic E-state index is -3.66. The van der Waals surface area contributed by atoms with Crippen molar-refractivity contribution >= 4 is 11.6 Å². The van der Waals surface area contributed by atoms with E-state index < -0.39 is 36.2 Å². The minimum Gasteiger partial charge on any atom is -0.385 e. The molecule has 194 valence electrons. The van der Waals surface area contributed by atoms with Gasteiger partial charge < -0.3 is 10.2 Å². The molecular formula is C24H22ClF3N6O3. The predicted molar refractivity (Wildman–Crippen MR) is 129 cm³/mol. The fourth-order valence-electron chi connectivity index (χ4n) is 3.59. The third kappa shape index (κ3) is 5.50. The summed E-state index contributed by atoms with van der Waals surface area (Å²) in [5.41, 5.74) is -0.133. The Hall–Kier alpha value is -3.74. The average molecular weight is 535 g/mol. The first kappa shape index (κ1) is 26.3. The van der Waals surface area contributed by atoms with Crippen molar-refractivity contribution in [2.75, 3.05) is 0 Å². The van der Waals surface area contributed by atoms with Crippen molar-refractivity contribution in [3.8, 4) is 17.1 Å². The molecule has 0 amide bonds. The monoisotopic (exact) mass is 534 g/mol. The minimum absolute atomic E-state index is 0.000826. The molecule has 9 nitrogen and oxygen atoms in total. The number of hydrogen-bond acceptors (Lipinski definition) is 6. The molecule has 0 aliphatic carbocycles. The van der Waals surface area contributed by atoms with E-state index in [1.54, 1.807) is 18.2 Å². The Morgan fingerprint density at radius 1 is 1.16 bits per heavy atom. The second-order valence-electron chi connectivity index (χ2n) is 8.23. The quantitative estimate of drug-likeness (QED) is 0.319. The lowest BCUT2D eigenvalue weighted by atomic mass is 10.1. The van der Waals surface area contributed by atoms with Crippen LogP contribution in [-0.4, -0.2) is 51.4 Å². The third-order valence-electron chi connectivity index (χ3n) is 5.49. The Balaban J connectivity index is 1.77. The summed E-state index contributed by atoms with van der Waals surface area (Å²) in [6, 6.07) is 11.6. The molecule has 2 N–H and O–H groups in total. The van der Waals surface area contributed by atoms with E-state index >= 15 is 0 Å². The van der Waals surface area contributed by atoms with E-state index in [9.17, 15) is 28.2 Å². The molecule has 0 aliphatic rings. The number of alkyl halides is 2. The number of halogens is 4. The predicted octanol–water partition coefficient (Wildman–Crippen LogP) is 3.37. The lowest BCUT2D eigenvalue weighted by Gasteiger charge is -2.19. The SMILES string of the molecule is C=CC(F)(F)[C@@H](O)Cn1c(-c2ccc(Cl)cc2)nn(Cc2nc([C@@H](C)O)n(-c3cccc(F)c3)n2)c1=O. The van der Waals surface area contributed by atoms with Crippen molar-refractivity contribution in [3.05, 3.63) is 94.2 Å². The second kappa shape index (κ2) is 10.3. The van der Waals surface area contributed by atoms with Crippen LogP contribution < -0.4 is 5.69 Å². The van der Waals surface area contributed by atoms with Gasteiger partial charge in [0.25, 0.3) is 5.92 Å². The standard InChI is InChI=1S/C24H22ClF3N6O3/c1-3-24(27,28)19(36)12-32-22(15-7-9-16(25)10-8-15)31-33(23(32)37)13-20-29-21(14(2)35)34(30-20)18-6-4-5-17(26)11-18/h3-11,14,19,35-36H,1,12-13H2,2H3/t14-,19+/m1/s1. The summed E-state index contributed by atoms with van der Waals surface area (Å²) in [5.74, 6) is -4.04. The van der Waals surface area contributed by atoms with E-state index in [2.05, 4.69) is 21.8 Å². The zero-order valence-corrected chi connectivity index (χ0v) is 20.2. The molecule has 4 rings (SSSR count). The van der Waals surface area contributed by atoms with Crippen molar-refractivity contribution in [1.29, 1.82) is 0 Å². The molecule has 2 aromatic heterocycles. The van der Waals surface area contributed by atoms with Crippen molar-refractivity contribution in [2.24, 2.45) is 0 Å². The van der Waals surface area contributed by atoms with Crippen LogP contribution >= 0.6 is 11.6 Å². The highest BCUT2D eigenvalue weighted by Gasteiger charge is 2.36. The molecule has 0 bridgehead atoms. The van der Waals surface area contributed by atoms with Crippen LogP contribution in [0.25, 0.3) is 17.1 Å². The van der Waals surface area contributed by atoms with Crippen LogP contribution in [-0.2, 0) is 13.1 Å². The smallest absolute Gasteiger partial charge is 0.346 e. The van der Waals surface area contributed by atoms with Gasteiger partial charge in [0.2, 0.25) is 0 Å². The van der Waals surface area contributed by atoms with Crippen LogP contribution in [0.15, 0.2) is 66.0 Å². The van der Waals surface area contributed by atoms with Gasteiger partial charge in [0.1, 0.15) is 24.6 Å². The van der Waals surface area contributed by atoms with Crippen LogP contribution in [0.4, 0.5) is 13.2 Å². The maximum atomic E-state index is 14.0. The number of nitrogens with zero attached hydrogens (tertiary/aromatic N) is 6. The summed E-state index contributed by atoms with van der Waals surface area (Å²) in [7, 11) is 0. The molecule has 0 saturated heterocycles. The Bertz CT molecular complexity index is 1480. The highest BCUT2D eigenvalue weighted by molar-refractivity contribution is 6.30. The molecule has 2 heterocycles. The van der Waals surface area contributed by atoms with Gasteiger partial charge in [0, 0.05) is 10.6 Å². The lowest BCUT2D eigenvalue weighted by Crippen LogP contribution is -2.38. The number of rotatable bonds is 9. The van der Waals surface area contributed by atoms with Gasteiger partial charge >= 0.3 is 5.69 Å². The van der Waals surface area contributed by atoms with E-state index in [4.69, 9.17) is 11.6 Å². The van der Waals surface area contributed by atoms with Crippen LogP contribution in [0, 0.1) is 5.82 Å².